The minimum absolute atomic E-state index is 0.0190. The Labute approximate surface area is 122 Å². The number of benzene rings is 2. The molecule has 4 nitrogen and oxygen atoms in total. The van der Waals surface area contributed by atoms with Gasteiger partial charge in [0.25, 0.3) is 0 Å². The van der Waals surface area contributed by atoms with E-state index in [0.717, 1.165) is 18.2 Å². The van der Waals surface area contributed by atoms with Crippen molar-refractivity contribution in [2.75, 3.05) is 0 Å². The number of aromatic carboxylic acids is 1. The topological polar surface area (TPSA) is 67.5 Å². The number of rotatable bonds is 2. The lowest BCUT2D eigenvalue weighted by atomic mass is 10.1. The zero-order valence-electron chi connectivity index (χ0n) is 11.0. The summed E-state index contributed by atoms with van der Waals surface area (Å²) in [5.41, 5.74) is -0.285. The fraction of sp³-hybridized carbons (Fsp3) is 0. The minimum Gasteiger partial charge on any atom is -0.478 e. The van der Waals surface area contributed by atoms with Crippen molar-refractivity contribution in [3.63, 3.8) is 0 Å². The van der Waals surface area contributed by atoms with E-state index in [2.05, 4.69) is 0 Å². The summed E-state index contributed by atoms with van der Waals surface area (Å²) in [6.07, 6.45) is 0. The molecule has 0 saturated carbocycles. The Morgan fingerprint density at radius 1 is 1.05 bits per heavy atom. The molecule has 0 atom stereocenters. The van der Waals surface area contributed by atoms with Crippen LogP contribution in [0, 0.1) is 11.6 Å². The highest BCUT2D eigenvalue weighted by atomic mass is 19.2. The van der Waals surface area contributed by atoms with E-state index in [1.807, 2.05) is 0 Å². The molecule has 0 radical (unpaired) electrons. The van der Waals surface area contributed by atoms with Gasteiger partial charge in [0.2, 0.25) is 0 Å². The molecular weight excluding hydrogens is 294 g/mol. The minimum atomic E-state index is -1.14. The molecule has 0 saturated heterocycles. The van der Waals surface area contributed by atoms with Crippen LogP contribution in [0.4, 0.5) is 8.78 Å². The normalized spacial score (nSPS) is 10.8. The largest absolute Gasteiger partial charge is 0.478 e. The van der Waals surface area contributed by atoms with Gasteiger partial charge in [-0.25, -0.2) is 13.6 Å². The van der Waals surface area contributed by atoms with Crippen LogP contribution >= 0.6 is 0 Å². The number of carboxylic acids is 1. The maximum absolute atomic E-state index is 13.3. The molecule has 0 bridgehead atoms. The second kappa shape index (κ2) is 5.07. The van der Waals surface area contributed by atoms with Gasteiger partial charge in [0.1, 0.15) is 11.3 Å². The molecule has 1 N–H and O–H groups in total. The summed E-state index contributed by atoms with van der Waals surface area (Å²) in [4.78, 5) is 23.0. The van der Waals surface area contributed by atoms with E-state index in [0.29, 0.717) is 5.56 Å². The van der Waals surface area contributed by atoms with E-state index >= 15 is 0 Å². The average Bonchev–Trinajstić information content (AvgIpc) is 2.49. The monoisotopic (exact) mass is 302 g/mol. The van der Waals surface area contributed by atoms with Gasteiger partial charge in [0.05, 0.1) is 10.9 Å². The third-order valence-corrected chi connectivity index (χ3v) is 3.16. The quantitative estimate of drug-likeness (QED) is 0.787. The predicted molar refractivity (Wildman–Crippen MR) is 74.8 cm³/mol. The number of carboxylic acid groups (broad SMARTS) is 1. The molecule has 22 heavy (non-hydrogen) atoms. The zero-order chi connectivity index (χ0) is 15.9. The molecule has 0 aliphatic rings. The lowest BCUT2D eigenvalue weighted by Crippen LogP contribution is -2.02. The smallest absolute Gasteiger partial charge is 0.335 e. The van der Waals surface area contributed by atoms with E-state index in [1.165, 1.54) is 18.2 Å². The van der Waals surface area contributed by atoms with Gasteiger partial charge in [-0.3, -0.25) is 4.79 Å². The van der Waals surface area contributed by atoms with E-state index in [1.54, 1.807) is 6.07 Å². The van der Waals surface area contributed by atoms with Crippen LogP contribution in [-0.4, -0.2) is 11.1 Å². The van der Waals surface area contributed by atoms with Gasteiger partial charge in [0.15, 0.2) is 17.1 Å². The Hall–Kier alpha value is -3.02. The summed E-state index contributed by atoms with van der Waals surface area (Å²) in [6, 6.07) is 8.43. The molecule has 110 valence electrons. The van der Waals surface area contributed by atoms with E-state index in [9.17, 15) is 18.4 Å². The zero-order valence-corrected chi connectivity index (χ0v) is 11.0. The lowest BCUT2D eigenvalue weighted by molar-refractivity contribution is 0.0697. The number of hydrogen-bond donors (Lipinski definition) is 1. The highest BCUT2D eigenvalue weighted by Gasteiger charge is 2.12. The Bertz CT molecular complexity index is 960. The van der Waals surface area contributed by atoms with Crippen LogP contribution in [0.3, 0.4) is 0 Å². The van der Waals surface area contributed by atoms with Crippen molar-refractivity contribution in [3.8, 4) is 11.3 Å². The molecule has 6 heteroatoms. The van der Waals surface area contributed by atoms with Crippen LogP contribution in [-0.2, 0) is 0 Å². The van der Waals surface area contributed by atoms with Gasteiger partial charge in [-0.2, -0.15) is 0 Å². The van der Waals surface area contributed by atoms with Crippen LogP contribution in [0.15, 0.2) is 51.7 Å². The van der Waals surface area contributed by atoms with E-state index in [-0.39, 0.29) is 22.3 Å². The number of carbonyl (C=O) groups is 1. The molecule has 3 aromatic rings. The van der Waals surface area contributed by atoms with Crippen molar-refractivity contribution in [3.05, 3.63) is 69.9 Å². The van der Waals surface area contributed by atoms with Crippen molar-refractivity contribution in [1.82, 2.24) is 0 Å². The van der Waals surface area contributed by atoms with Crippen LogP contribution in [0.5, 0.6) is 0 Å². The third kappa shape index (κ3) is 2.35. The molecule has 2 aromatic carbocycles. The number of fused-ring (bicyclic) bond motifs is 1. The van der Waals surface area contributed by atoms with Crippen LogP contribution in [0.2, 0.25) is 0 Å². The van der Waals surface area contributed by atoms with Gasteiger partial charge in [-0.05, 0) is 18.2 Å². The fourth-order valence-corrected chi connectivity index (χ4v) is 2.10. The molecule has 0 aliphatic carbocycles. The van der Waals surface area contributed by atoms with Gasteiger partial charge >= 0.3 is 5.97 Å². The first kappa shape index (κ1) is 13.9. The van der Waals surface area contributed by atoms with Crippen LogP contribution in [0.25, 0.3) is 22.3 Å². The Morgan fingerprint density at radius 3 is 2.50 bits per heavy atom. The van der Waals surface area contributed by atoms with Gasteiger partial charge in [0, 0.05) is 17.7 Å². The van der Waals surface area contributed by atoms with Gasteiger partial charge in [-0.1, -0.05) is 12.1 Å². The van der Waals surface area contributed by atoms with Crippen LogP contribution in [0.1, 0.15) is 10.4 Å². The molecule has 1 heterocycles. The standard InChI is InChI=1S/C16H8F2O4/c17-11-5-10-13(19)7-14(22-15(10)6-12(11)18)8-2-1-3-9(4-8)16(20)21/h1-7H,(H,20,21). The predicted octanol–water partition coefficient (Wildman–Crippen LogP) is 3.44. The fourth-order valence-electron chi connectivity index (χ4n) is 2.10. The van der Waals surface area contributed by atoms with Crippen molar-refractivity contribution in [2.45, 2.75) is 0 Å². The summed E-state index contributed by atoms with van der Waals surface area (Å²) in [7, 11) is 0. The molecule has 1 aromatic heterocycles. The third-order valence-electron chi connectivity index (χ3n) is 3.16. The van der Waals surface area contributed by atoms with Crippen molar-refractivity contribution in [1.29, 1.82) is 0 Å². The van der Waals surface area contributed by atoms with Crippen LogP contribution < -0.4 is 5.43 Å². The molecule has 0 fully saturated rings. The molecule has 0 amide bonds. The van der Waals surface area contributed by atoms with E-state index < -0.39 is 23.0 Å². The SMILES string of the molecule is O=C(O)c1cccc(-c2cc(=O)c3cc(F)c(F)cc3o2)c1. The molecule has 0 spiro atoms. The second-order valence-electron chi connectivity index (χ2n) is 4.62. The maximum atomic E-state index is 13.3. The summed E-state index contributed by atoms with van der Waals surface area (Å²) >= 11 is 0. The van der Waals surface area contributed by atoms with Crippen molar-refractivity contribution >= 4 is 16.9 Å². The van der Waals surface area contributed by atoms with Crippen molar-refractivity contribution in [2.24, 2.45) is 0 Å². The molecular formula is C16H8F2O4. The molecule has 0 aliphatic heterocycles. The first-order chi connectivity index (χ1) is 10.5. The van der Waals surface area contributed by atoms with E-state index in [4.69, 9.17) is 9.52 Å². The highest BCUT2D eigenvalue weighted by Crippen LogP contribution is 2.24. The lowest BCUT2D eigenvalue weighted by Gasteiger charge is -2.05. The summed E-state index contributed by atoms with van der Waals surface area (Å²) in [6.45, 7) is 0. The molecule has 0 unspecified atom stereocenters. The second-order valence-corrected chi connectivity index (χ2v) is 4.62. The Kier molecular flexibility index (Phi) is 3.21. The average molecular weight is 302 g/mol. The van der Waals surface area contributed by atoms with Gasteiger partial charge in [-0.15, -0.1) is 0 Å². The summed E-state index contributed by atoms with van der Waals surface area (Å²) < 4.78 is 31.8. The first-order valence-electron chi connectivity index (χ1n) is 6.22. The molecule has 3 rings (SSSR count). The Balaban J connectivity index is 2.24. The first-order valence-corrected chi connectivity index (χ1v) is 6.22. The maximum Gasteiger partial charge on any atom is 0.335 e. The number of hydrogen-bond acceptors (Lipinski definition) is 3. The van der Waals surface area contributed by atoms with Gasteiger partial charge < -0.3 is 9.52 Å². The number of halogens is 2. The van der Waals surface area contributed by atoms with Crippen molar-refractivity contribution < 1.29 is 23.1 Å². The Morgan fingerprint density at radius 2 is 1.77 bits per heavy atom. The summed E-state index contributed by atoms with van der Waals surface area (Å²) in [5, 5.41) is 8.88. The summed E-state index contributed by atoms with van der Waals surface area (Å²) in [5.74, 6) is -3.32. The highest BCUT2D eigenvalue weighted by molar-refractivity contribution is 5.89.